The summed E-state index contributed by atoms with van der Waals surface area (Å²) in [7, 11) is 2.32. The van der Waals surface area contributed by atoms with E-state index in [0.717, 1.165) is 14.0 Å². The van der Waals surface area contributed by atoms with Gasteiger partial charge in [0.05, 0.1) is 38.4 Å². The van der Waals surface area contributed by atoms with Gasteiger partial charge < -0.3 is 59.6 Å². The smallest absolute Gasteiger partial charge is 0 e. The Morgan fingerprint density at radius 1 is 0.705 bits per heavy atom. The van der Waals surface area contributed by atoms with Crippen LogP contribution in [-0.2, 0) is 99.7 Å². The van der Waals surface area contributed by atoms with E-state index in [1.807, 2.05) is 0 Å². The fourth-order valence-electron chi connectivity index (χ4n) is 5.77. The van der Waals surface area contributed by atoms with Crippen molar-refractivity contribution in [3.8, 4) is 6.19 Å². The second-order valence-corrected chi connectivity index (χ2v) is 47.8. The number of carbonyl (C=O) groups is 8. The number of nitriles is 1. The van der Waals surface area contributed by atoms with Gasteiger partial charge in [-0.25, -0.2) is 9.59 Å². The number of nitrogens with zero attached hydrogens (tertiary/aromatic N) is 1. The van der Waals surface area contributed by atoms with E-state index in [4.69, 9.17) is 39.4 Å². The van der Waals surface area contributed by atoms with Crippen LogP contribution < -0.4 is 21.7 Å². The molecule has 0 aromatic carbocycles. The number of hydrogen-bond acceptors (Lipinski definition) is 19. The quantitative estimate of drug-likeness (QED) is 0.0598. The maximum atomic E-state index is 12.0. The van der Waals surface area contributed by atoms with Crippen molar-refractivity contribution < 1.29 is 99.7 Å². The minimum Gasteiger partial charge on any atom is 0 e. The fourth-order valence-corrected chi connectivity index (χ4v) is 5.77. The normalized spacial score (nSPS) is 21.8. The Kier molecular flexibility index (Phi) is 31.1. The number of carbonyl (C=O) groups excluding carboxylic acids is 8. The van der Waals surface area contributed by atoms with E-state index in [1.165, 1.54) is 53.9 Å². The first-order valence-corrected chi connectivity index (χ1v) is 31.3. The Balaban J connectivity index is 0. The van der Waals surface area contributed by atoms with Gasteiger partial charge in [-0.3, -0.25) is 28.8 Å². The zero-order valence-corrected chi connectivity index (χ0v) is 44.2. The zero-order valence-electron chi connectivity index (χ0n) is 34.9. The van der Waals surface area contributed by atoms with Crippen molar-refractivity contribution >= 4 is 108 Å². The fraction of sp³-hybridized carbons (Fsp3) is 0.629. The van der Waals surface area contributed by atoms with Crippen molar-refractivity contribution in [1.82, 2.24) is 16.0 Å². The van der Waals surface area contributed by atoms with Gasteiger partial charge in [-0.1, -0.05) is 13.8 Å². The Hall–Kier alpha value is -2.55. The predicted octanol–water partition coefficient (Wildman–Crippen LogP) is 1.86. The number of esters is 6. The Morgan fingerprint density at radius 2 is 1.05 bits per heavy atom. The second kappa shape index (κ2) is 31.3. The minimum absolute atomic E-state index is 0. The van der Waals surface area contributed by atoms with E-state index < -0.39 is 108 Å². The van der Waals surface area contributed by atoms with Gasteiger partial charge in [-0.05, 0) is 25.0 Å². The molecule has 61 heavy (non-hydrogen) atoms. The van der Waals surface area contributed by atoms with Crippen molar-refractivity contribution in [3.05, 3.63) is 23.7 Å². The van der Waals surface area contributed by atoms with Crippen molar-refractivity contribution in [1.29, 1.82) is 5.26 Å². The van der Waals surface area contributed by atoms with Crippen LogP contribution in [0.25, 0.3) is 0 Å². The molecule has 0 fully saturated rings. The molecule has 21 nitrogen and oxygen atoms in total. The maximum Gasteiger partial charge on any atom is 0 e. The monoisotopic (exact) mass is 1280 g/mol. The van der Waals surface area contributed by atoms with E-state index in [9.17, 15) is 38.4 Å². The van der Waals surface area contributed by atoms with Crippen molar-refractivity contribution in [3.63, 3.8) is 0 Å². The predicted molar refractivity (Wildman–Crippen MR) is 231 cm³/mol. The molecule has 10 atom stereocenters. The molecule has 0 spiro atoms. The summed E-state index contributed by atoms with van der Waals surface area (Å²) < 4.78 is 41.9. The van der Waals surface area contributed by atoms with Gasteiger partial charge in [0.1, 0.15) is 12.2 Å². The molecule has 0 aliphatic carbocycles. The molecule has 26 heteroatoms. The van der Waals surface area contributed by atoms with Crippen molar-refractivity contribution in [2.75, 3.05) is 14.2 Å². The first kappa shape index (κ1) is 60.5. The van der Waals surface area contributed by atoms with E-state index in [1.54, 1.807) is 20.0 Å². The molecule has 0 aromatic heterocycles. The van der Waals surface area contributed by atoms with Gasteiger partial charge >= 0.3 is 101 Å². The summed E-state index contributed by atoms with van der Waals surface area (Å²) in [6.07, 6.45) is -1.50. The first-order valence-electron chi connectivity index (χ1n) is 17.8. The maximum absolute atomic E-state index is 12.0. The summed E-state index contributed by atoms with van der Waals surface area (Å²) in [6, 6.07) is -3.50. The third kappa shape index (κ3) is 22.6. The largest absolute Gasteiger partial charge is 0 e. The molecule has 1 radical (unpaired) electrons. The third-order valence-electron chi connectivity index (χ3n) is 7.88. The van der Waals surface area contributed by atoms with E-state index in [-0.39, 0.29) is 47.8 Å². The molecule has 0 saturated carbocycles. The molecular weight excluding hydrogens is 1230 g/mol. The number of ether oxygens (including phenoxy) is 8. The minimum atomic E-state index is -1.19. The summed E-state index contributed by atoms with van der Waals surface area (Å²) in [4.78, 5) is 93.4. The Bertz CT molecular complexity index is 1630. The SMILES string of the molecule is CC[C@@H](OC(C)=O)[C@@H](OC(C)=O)[C@@H]1OC(C(=O)OC)=C[C@H](N)[C@H]1NC(C)=O.CC[C@@H](OC(C)=O)[C@@H](OC(C)=O)[C@@H]1OC(C(=O)OC)=C[C@H](NC#N)[C@H]1NC(C)=O.[I][V]([I])[I].[V]. The van der Waals surface area contributed by atoms with Crippen LogP contribution in [0.15, 0.2) is 23.7 Å². The molecular formula is C35H51I3N5O16V2. The van der Waals surface area contributed by atoms with Crippen LogP contribution in [0, 0.1) is 11.5 Å². The average molecular weight is 1280 g/mol. The van der Waals surface area contributed by atoms with Crippen molar-refractivity contribution in [2.24, 2.45) is 5.73 Å². The summed E-state index contributed by atoms with van der Waals surface area (Å²) in [6.45, 7) is 10.7. The molecule has 2 rings (SSSR count). The van der Waals surface area contributed by atoms with Crippen LogP contribution >= 0.6 is 59.9 Å². The van der Waals surface area contributed by atoms with Crippen molar-refractivity contribution in [2.45, 2.75) is 129 Å². The molecule has 2 heterocycles. The number of nitrogens with two attached hydrogens (primary N) is 1. The summed E-state index contributed by atoms with van der Waals surface area (Å²) >= 11 is 7.39. The van der Waals surface area contributed by atoms with E-state index >= 15 is 0 Å². The number of hydrogen-bond donors (Lipinski definition) is 4. The molecule has 2 aliphatic heterocycles. The molecule has 343 valence electrons. The van der Waals surface area contributed by atoms with Crippen LogP contribution in [0.2, 0.25) is 0 Å². The van der Waals surface area contributed by atoms with E-state index in [0.29, 0.717) is 0 Å². The summed E-state index contributed by atoms with van der Waals surface area (Å²) in [5.74, 6) is -5.44. The van der Waals surface area contributed by atoms with Gasteiger partial charge in [0.2, 0.25) is 23.3 Å². The number of nitrogens with one attached hydrogen (secondary N) is 3. The third-order valence-corrected chi connectivity index (χ3v) is 7.88. The Labute approximate surface area is 403 Å². The van der Waals surface area contributed by atoms with Gasteiger partial charge in [0, 0.05) is 60.1 Å². The van der Waals surface area contributed by atoms with Crippen LogP contribution in [-0.4, -0.2) is 123 Å². The van der Waals surface area contributed by atoms with Crippen LogP contribution in [0.4, 0.5) is 0 Å². The van der Waals surface area contributed by atoms with Crippen LogP contribution in [0.5, 0.6) is 0 Å². The Morgan fingerprint density at radius 3 is 1.36 bits per heavy atom. The number of amides is 2. The molecule has 0 aromatic rings. The number of rotatable bonds is 15. The molecule has 0 unspecified atom stereocenters. The van der Waals surface area contributed by atoms with Gasteiger partial charge in [0.15, 0.2) is 30.6 Å². The van der Waals surface area contributed by atoms with Crippen LogP contribution in [0.1, 0.15) is 68.2 Å². The molecule has 2 amide bonds. The standard InChI is InChI=1S/C18H25N3O8.C17H26N2O8.3HI.2V/c1-6-13(27-10(3)23)16(28-11(4)24)17-15(21-9(2)22)12(20-8-19)7-14(29-17)18(25)26-5;1-6-12(25-9(3)21)15(26-10(4)22)16-14(19-8(2)20)11(18)7-13(27-16)17(23)24-5;;;;;/h7,12-13,15-17,20H,6H2,1-5H3,(H,21,22);7,11-12,14-16H,6,18H2,1-5H3,(H,19,20);3*1H;;/q;;;;;;+3/p-3/t12-,13+,15+,16+,17+;11-,12+,14+,15+,16+;;;;;/m00...../s1. The zero-order chi connectivity index (χ0) is 46.4. The molecule has 0 bridgehead atoms. The second-order valence-electron chi connectivity index (χ2n) is 12.5. The average Bonchev–Trinajstić information content (AvgIpc) is 3.14. The van der Waals surface area contributed by atoms with Crippen LogP contribution in [0.3, 0.4) is 0 Å². The van der Waals surface area contributed by atoms with Gasteiger partial charge in [-0.2, -0.15) is 5.26 Å². The molecule has 0 saturated heterocycles. The summed E-state index contributed by atoms with van der Waals surface area (Å²) in [5.41, 5.74) is 6.08. The van der Waals surface area contributed by atoms with Gasteiger partial charge in [0.25, 0.3) is 0 Å². The first-order chi connectivity index (χ1) is 28.0. The molecule has 5 N–H and O–H groups in total. The van der Waals surface area contributed by atoms with E-state index in [2.05, 4.69) is 85.4 Å². The number of methoxy groups -OCH3 is 2. The molecule has 2 aliphatic rings. The number of halogens is 3. The summed E-state index contributed by atoms with van der Waals surface area (Å²) in [5, 5.41) is 16.8. The topological polar surface area (TPSA) is 296 Å². The van der Waals surface area contributed by atoms with Gasteiger partial charge in [-0.15, -0.1) is 0 Å².